The van der Waals surface area contributed by atoms with Gasteiger partial charge in [0.05, 0.1) is 12.5 Å². The molecule has 0 atom stereocenters. The minimum Gasteiger partial charge on any atom is -0.335 e. The molecule has 4 rings (SSSR count). The molecular formula is C21H19ClN4O2. The predicted molar refractivity (Wildman–Crippen MR) is 106 cm³/mol. The average Bonchev–Trinajstić information content (AvgIpc) is 3.21. The van der Waals surface area contributed by atoms with Gasteiger partial charge in [0.15, 0.2) is 0 Å². The van der Waals surface area contributed by atoms with Crippen LogP contribution in [-0.2, 0) is 11.3 Å². The molecule has 1 aliphatic rings. The summed E-state index contributed by atoms with van der Waals surface area (Å²) in [6, 6.07) is 17.0. The first-order valence-corrected chi connectivity index (χ1v) is 9.39. The van der Waals surface area contributed by atoms with Crippen LogP contribution in [0.4, 0.5) is 0 Å². The Morgan fingerprint density at radius 3 is 2.50 bits per heavy atom. The van der Waals surface area contributed by atoms with Crippen molar-refractivity contribution in [3.05, 3.63) is 83.4 Å². The fraction of sp³-hybridized carbons (Fsp3) is 0.190. The molecule has 0 bridgehead atoms. The van der Waals surface area contributed by atoms with Crippen molar-refractivity contribution in [1.82, 2.24) is 19.4 Å². The number of amides is 2. The minimum atomic E-state index is -0.194. The number of nitrogens with zero attached hydrogens (tertiary/aromatic N) is 4. The number of para-hydroxylation sites is 1. The fourth-order valence-corrected chi connectivity index (χ4v) is 3.39. The Bertz CT molecular complexity index is 985. The van der Waals surface area contributed by atoms with E-state index >= 15 is 0 Å². The van der Waals surface area contributed by atoms with Crippen molar-refractivity contribution in [2.24, 2.45) is 0 Å². The third kappa shape index (κ3) is 3.77. The summed E-state index contributed by atoms with van der Waals surface area (Å²) in [7, 11) is 0. The number of imidazole rings is 1. The molecule has 2 heterocycles. The maximum atomic E-state index is 13.0. The van der Waals surface area contributed by atoms with Crippen LogP contribution < -0.4 is 0 Å². The summed E-state index contributed by atoms with van der Waals surface area (Å²) in [5.41, 5.74) is 2.32. The topological polar surface area (TPSA) is 58.4 Å². The van der Waals surface area contributed by atoms with Crippen LogP contribution in [0.2, 0.25) is 5.02 Å². The van der Waals surface area contributed by atoms with Crippen molar-refractivity contribution < 1.29 is 9.59 Å². The van der Waals surface area contributed by atoms with E-state index in [0.717, 1.165) is 11.3 Å². The maximum Gasteiger partial charge on any atom is 0.273 e. The van der Waals surface area contributed by atoms with E-state index in [2.05, 4.69) is 4.98 Å². The molecule has 3 aromatic rings. The summed E-state index contributed by atoms with van der Waals surface area (Å²) in [6.45, 7) is 1.55. The lowest BCUT2D eigenvalue weighted by atomic mass is 10.2. The Balaban J connectivity index is 1.45. The van der Waals surface area contributed by atoms with Crippen LogP contribution in [0.15, 0.2) is 67.1 Å². The van der Waals surface area contributed by atoms with Crippen LogP contribution in [-0.4, -0.2) is 50.8 Å². The zero-order chi connectivity index (χ0) is 19.5. The quantitative estimate of drug-likeness (QED) is 0.683. The molecule has 1 saturated heterocycles. The molecule has 0 N–H and O–H groups in total. The van der Waals surface area contributed by atoms with Crippen molar-refractivity contribution >= 4 is 23.4 Å². The standard InChI is InChI=1S/C21H19ClN4O2/c22-17-8-6-16(7-9-17)13-24-10-11-25(14-20(24)27)21(28)19-12-23-15-26(19)18-4-2-1-3-5-18/h1-9,12,15H,10-11,13-14H2. The second kappa shape index (κ2) is 7.86. The molecule has 2 aromatic carbocycles. The van der Waals surface area contributed by atoms with Gasteiger partial charge in [-0.3, -0.25) is 14.2 Å². The molecule has 0 radical (unpaired) electrons. The summed E-state index contributed by atoms with van der Waals surface area (Å²) in [4.78, 5) is 33.0. The third-order valence-corrected chi connectivity index (χ3v) is 5.04. The van der Waals surface area contributed by atoms with Gasteiger partial charge in [-0.1, -0.05) is 41.9 Å². The smallest absolute Gasteiger partial charge is 0.273 e. The van der Waals surface area contributed by atoms with Crippen molar-refractivity contribution in [3.63, 3.8) is 0 Å². The monoisotopic (exact) mass is 394 g/mol. The number of hydrogen-bond donors (Lipinski definition) is 0. The summed E-state index contributed by atoms with van der Waals surface area (Å²) < 4.78 is 1.74. The molecule has 7 heteroatoms. The van der Waals surface area contributed by atoms with Gasteiger partial charge < -0.3 is 9.80 Å². The van der Waals surface area contributed by atoms with E-state index in [1.165, 1.54) is 0 Å². The van der Waals surface area contributed by atoms with Crippen molar-refractivity contribution in [2.75, 3.05) is 19.6 Å². The number of piperazine rings is 1. The van der Waals surface area contributed by atoms with E-state index in [1.54, 1.807) is 26.9 Å². The van der Waals surface area contributed by atoms with Gasteiger partial charge in [0.25, 0.3) is 5.91 Å². The van der Waals surface area contributed by atoms with Gasteiger partial charge in [0, 0.05) is 30.3 Å². The Labute approximate surface area is 168 Å². The Morgan fingerprint density at radius 1 is 1.04 bits per heavy atom. The number of halogens is 1. The first-order valence-electron chi connectivity index (χ1n) is 9.01. The van der Waals surface area contributed by atoms with Gasteiger partial charge in [0.2, 0.25) is 5.91 Å². The summed E-state index contributed by atoms with van der Waals surface area (Å²) in [5.74, 6) is -0.263. The van der Waals surface area contributed by atoms with Crippen LogP contribution >= 0.6 is 11.6 Å². The zero-order valence-corrected chi connectivity index (χ0v) is 15.9. The molecular weight excluding hydrogens is 376 g/mol. The number of benzene rings is 2. The summed E-state index contributed by atoms with van der Waals surface area (Å²) >= 11 is 5.91. The van der Waals surface area contributed by atoms with Gasteiger partial charge in [0.1, 0.15) is 12.2 Å². The number of carbonyl (C=O) groups is 2. The summed E-state index contributed by atoms with van der Waals surface area (Å²) in [5, 5.41) is 0.667. The van der Waals surface area contributed by atoms with Gasteiger partial charge in [-0.15, -0.1) is 0 Å². The first-order chi connectivity index (χ1) is 13.6. The highest BCUT2D eigenvalue weighted by Gasteiger charge is 2.29. The lowest BCUT2D eigenvalue weighted by molar-refractivity contribution is -0.135. The Morgan fingerprint density at radius 2 is 1.79 bits per heavy atom. The molecule has 2 amide bonds. The second-order valence-electron chi connectivity index (χ2n) is 6.65. The maximum absolute atomic E-state index is 13.0. The van der Waals surface area contributed by atoms with Gasteiger partial charge in [-0.25, -0.2) is 4.98 Å². The van der Waals surface area contributed by atoms with Crippen LogP contribution in [0.3, 0.4) is 0 Å². The van der Waals surface area contributed by atoms with Crippen molar-refractivity contribution in [2.45, 2.75) is 6.54 Å². The summed E-state index contributed by atoms with van der Waals surface area (Å²) in [6.07, 6.45) is 3.15. The molecule has 0 aliphatic carbocycles. The molecule has 0 saturated carbocycles. The molecule has 6 nitrogen and oxygen atoms in total. The average molecular weight is 395 g/mol. The first kappa shape index (κ1) is 18.3. The highest BCUT2D eigenvalue weighted by atomic mass is 35.5. The highest BCUT2D eigenvalue weighted by Crippen LogP contribution is 2.17. The van der Waals surface area contributed by atoms with E-state index in [-0.39, 0.29) is 18.4 Å². The van der Waals surface area contributed by atoms with Gasteiger partial charge in [-0.05, 0) is 29.8 Å². The molecule has 0 spiro atoms. The van der Waals surface area contributed by atoms with Crippen LogP contribution in [0.5, 0.6) is 0 Å². The molecule has 142 valence electrons. The van der Waals surface area contributed by atoms with E-state index in [4.69, 9.17) is 11.6 Å². The number of aromatic nitrogens is 2. The zero-order valence-electron chi connectivity index (χ0n) is 15.2. The normalized spacial score (nSPS) is 14.4. The minimum absolute atomic E-state index is 0.0619. The van der Waals surface area contributed by atoms with Crippen LogP contribution in [0.25, 0.3) is 5.69 Å². The fourth-order valence-electron chi connectivity index (χ4n) is 3.27. The van der Waals surface area contributed by atoms with E-state index in [9.17, 15) is 9.59 Å². The van der Waals surface area contributed by atoms with Crippen molar-refractivity contribution in [1.29, 1.82) is 0 Å². The Kier molecular flexibility index (Phi) is 5.12. The molecule has 28 heavy (non-hydrogen) atoms. The van der Waals surface area contributed by atoms with Crippen LogP contribution in [0, 0.1) is 0 Å². The van der Waals surface area contributed by atoms with Gasteiger partial charge in [-0.2, -0.15) is 0 Å². The lowest BCUT2D eigenvalue weighted by Crippen LogP contribution is -2.52. The van der Waals surface area contributed by atoms with E-state index in [0.29, 0.717) is 30.4 Å². The molecule has 1 aromatic heterocycles. The highest BCUT2D eigenvalue weighted by molar-refractivity contribution is 6.30. The number of carbonyl (C=O) groups excluding carboxylic acids is 2. The van der Waals surface area contributed by atoms with Crippen molar-refractivity contribution in [3.8, 4) is 5.69 Å². The van der Waals surface area contributed by atoms with Crippen LogP contribution in [0.1, 0.15) is 16.1 Å². The lowest BCUT2D eigenvalue weighted by Gasteiger charge is -2.34. The third-order valence-electron chi connectivity index (χ3n) is 4.78. The molecule has 0 unspecified atom stereocenters. The SMILES string of the molecule is O=C1CN(C(=O)c2cncn2-c2ccccc2)CCN1Cc1ccc(Cl)cc1. The largest absolute Gasteiger partial charge is 0.335 e. The number of rotatable bonds is 4. The Hall–Kier alpha value is -3.12. The van der Waals surface area contributed by atoms with E-state index < -0.39 is 0 Å². The molecule has 1 aliphatic heterocycles. The predicted octanol–water partition coefficient (Wildman–Crippen LogP) is 3.01. The second-order valence-corrected chi connectivity index (χ2v) is 7.09. The molecule has 1 fully saturated rings. The van der Waals surface area contributed by atoms with E-state index in [1.807, 2.05) is 54.6 Å². The van der Waals surface area contributed by atoms with Gasteiger partial charge >= 0.3 is 0 Å². The number of hydrogen-bond acceptors (Lipinski definition) is 3.